The first-order valence-corrected chi connectivity index (χ1v) is 6.03. The van der Waals surface area contributed by atoms with Crippen molar-refractivity contribution in [1.82, 2.24) is 4.31 Å². The Hall–Kier alpha value is -0.920. The molecule has 0 bridgehead atoms. The molecule has 0 radical (unpaired) electrons. The van der Waals surface area contributed by atoms with Crippen LogP contribution in [0.15, 0.2) is 21.7 Å². The number of carbonyl (C=O) groups is 1. The van der Waals surface area contributed by atoms with E-state index in [1.807, 2.05) is 0 Å². The van der Waals surface area contributed by atoms with E-state index < -0.39 is 22.5 Å². The van der Waals surface area contributed by atoms with Gasteiger partial charge in [0, 0.05) is 12.4 Å². The maximum Gasteiger partial charge on any atom is 0.318 e. The number of sulfonamides is 1. The van der Waals surface area contributed by atoms with Gasteiger partial charge < -0.3 is 5.11 Å². The number of carboxylic acids is 1. The van der Waals surface area contributed by atoms with Gasteiger partial charge in [-0.1, -0.05) is 0 Å². The van der Waals surface area contributed by atoms with Crippen molar-refractivity contribution in [3.8, 4) is 0 Å². The smallest absolute Gasteiger partial charge is 0.318 e. The van der Waals surface area contributed by atoms with Gasteiger partial charge in [0.1, 0.15) is 6.54 Å². The van der Waals surface area contributed by atoms with Crippen molar-refractivity contribution in [2.24, 2.45) is 0 Å². The number of hydrogen-bond donors (Lipinski definition) is 1. The summed E-state index contributed by atoms with van der Waals surface area (Å²) >= 11 is 1.25. The quantitative estimate of drug-likeness (QED) is 0.822. The molecule has 1 rings (SSSR count). The van der Waals surface area contributed by atoms with E-state index in [0.29, 0.717) is 0 Å². The molecule has 0 atom stereocenters. The molecule has 0 amide bonds. The van der Waals surface area contributed by atoms with Crippen LogP contribution in [-0.2, 0) is 14.8 Å². The van der Waals surface area contributed by atoms with Crippen LogP contribution in [0.1, 0.15) is 0 Å². The molecule has 0 saturated heterocycles. The fourth-order valence-corrected chi connectivity index (χ4v) is 2.99. The fraction of sp³-hybridized carbons (Fsp3) is 0.286. The van der Waals surface area contributed by atoms with Gasteiger partial charge in [-0.05, 0) is 11.4 Å². The van der Waals surface area contributed by atoms with E-state index in [-0.39, 0.29) is 4.90 Å². The van der Waals surface area contributed by atoms with Crippen LogP contribution >= 0.6 is 11.3 Å². The molecule has 14 heavy (non-hydrogen) atoms. The summed E-state index contributed by atoms with van der Waals surface area (Å²) < 4.78 is 24.0. The van der Waals surface area contributed by atoms with Crippen LogP contribution in [0, 0.1) is 0 Å². The van der Waals surface area contributed by atoms with Crippen molar-refractivity contribution in [1.29, 1.82) is 0 Å². The third-order valence-corrected chi connectivity index (χ3v) is 4.19. The zero-order chi connectivity index (χ0) is 10.8. The molecule has 0 saturated carbocycles. The van der Waals surface area contributed by atoms with Crippen molar-refractivity contribution in [2.45, 2.75) is 4.90 Å². The molecule has 0 aliphatic heterocycles. The summed E-state index contributed by atoms with van der Waals surface area (Å²) in [5.74, 6) is -1.17. The average molecular weight is 235 g/mol. The minimum Gasteiger partial charge on any atom is -0.480 e. The van der Waals surface area contributed by atoms with Crippen molar-refractivity contribution >= 4 is 27.3 Å². The molecule has 0 aliphatic rings. The Morgan fingerprint density at radius 3 is 2.71 bits per heavy atom. The van der Waals surface area contributed by atoms with Crippen molar-refractivity contribution < 1.29 is 18.3 Å². The van der Waals surface area contributed by atoms with Crippen molar-refractivity contribution in [3.05, 3.63) is 16.8 Å². The summed E-state index contributed by atoms with van der Waals surface area (Å²) in [5, 5.41) is 11.5. The maximum absolute atomic E-state index is 11.6. The molecule has 5 nitrogen and oxygen atoms in total. The van der Waals surface area contributed by atoms with Gasteiger partial charge in [-0.25, -0.2) is 8.42 Å². The summed E-state index contributed by atoms with van der Waals surface area (Å²) in [6.07, 6.45) is 0. The molecule has 7 heteroatoms. The van der Waals surface area contributed by atoms with Gasteiger partial charge in [0.25, 0.3) is 0 Å². The lowest BCUT2D eigenvalue weighted by atomic mass is 10.7. The minimum atomic E-state index is -3.63. The zero-order valence-corrected chi connectivity index (χ0v) is 9.01. The number of thiophene rings is 1. The summed E-state index contributed by atoms with van der Waals surface area (Å²) in [4.78, 5) is 10.5. The number of rotatable bonds is 4. The Bertz CT molecular complexity index is 409. The van der Waals surface area contributed by atoms with Crippen LogP contribution in [-0.4, -0.2) is 37.4 Å². The Labute approximate surface area is 85.6 Å². The monoisotopic (exact) mass is 235 g/mol. The fourth-order valence-electron chi connectivity index (χ4n) is 0.854. The van der Waals surface area contributed by atoms with Gasteiger partial charge in [-0.2, -0.15) is 15.6 Å². The van der Waals surface area contributed by atoms with Crippen molar-refractivity contribution in [3.63, 3.8) is 0 Å². The highest BCUT2D eigenvalue weighted by atomic mass is 32.2. The third-order valence-electron chi connectivity index (χ3n) is 1.56. The predicted molar refractivity (Wildman–Crippen MR) is 51.8 cm³/mol. The number of nitrogens with zero attached hydrogens (tertiary/aromatic N) is 1. The Kier molecular flexibility index (Phi) is 3.25. The lowest BCUT2D eigenvalue weighted by Gasteiger charge is -2.13. The largest absolute Gasteiger partial charge is 0.480 e. The molecule has 1 aromatic rings. The predicted octanol–water partition coefficient (Wildman–Crippen LogP) is 0.453. The van der Waals surface area contributed by atoms with Gasteiger partial charge in [-0.3, -0.25) is 4.79 Å². The van der Waals surface area contributed by atoms with Gasteiger partial charge in [0.15, 0.2) is 0 Å². The van der Waals surface area contributed by atoms with E-state index in [2.05, 4.69) is 0 Å². The zero-order valence-electron chi connectivity index (χ0n) is 7.37. The van der Waals surface area contributed by atoms with E-state index in [1.165, 1.54) is 29.8 Å². The lowest BCUT2D eigenvalue weighted by Crippen LogP contribution is -2.31. The second-order valence-electron chi connectivity index (χ2n) is 2.61. The summed E-state index contributed by atoms with van der Waals surface area (Å²) in [5.41, 5.74) is 0. The first kappa shape index (κ1) is 11.2. The molecular formula is C7H9NO4S2. The first-order chi connectivity index (χ1) is 6.44. The second kappa shape index (κ2) is 4.07. The highest BCUT2D eigenvalue weighted by molar-refractivity contribution is 7.89. The van der Waals surface area contributed by atoms with E-state index in [1.54, 1.807) is 5.38 Å². The van der Waals surface area contributed by atoms with E-state index >= 15 is 0 Å². The van der Waals surface area contributed by atoms with Gasteiger partial charge in [0.05, 0.1) is 4.90 Å². The Balaban J connectivity index is 2.92. The molecule has 0 aliphatic carbocycles. The SMILES string of the molecule is CN(CC(=O)O)S(=O)(=O)c1ccsc1. The molecule has 78 valence electrons. The van der Waals surface area contributed by atoms with Gasteiger partial charge in [0.2, 0.25) is 10.0 Å². The van der Waals surface area contributed by atoms with Crippen LogP contribution in [0.25, 0.3) is 0 Å². The number of likely N-dealkylation sites (N-methyl/N-ethyl adjacent to an activating group) is 1. The number of aliphatic carboxylic acids is 1. The second-order valence-corrected chi connectivity index (χ2v) is 5.44. The number of carboxylic acid groups (broad SMARTS) is 1. The minimum absolute atomic E-state index is 0.131. The normalized spacial score (nSPS) is 11.9. The van der Waals surface area contributed by atoms with Gasteiger partial charge in [-0.15, -0.1) is 0 Å². The van der Waals surface area contributed by atoms with Crippen molar-refractivity contribution in [2.75, 3.05) is 13.6 Å². The summed E-state index contributed by atoms with van der Waals surface area (Å²) in [6, 6.07) is 1.44. The van der Waals surface area contributed by atoms with Gasteiger partial charge >= 0.3 is 5.97 Å². The molecule has 0 spiro atoms. The molecular weight excluding hydrogens is 226 g/mol. The van der Waals surface area contributed by atoms with Crippen LogP contribution in [0.4, 0.5) is 0 Å². The van der Waals surface area contributed by atoms with E-state index in [4.69, 9.17) is 5.11 Å². The number of hydrogen-bond acceptors (Lipinski definition) is 4. The van der Waals surface area contributed by atoms with Crippen LogP contribution in [0.3, 0.4) is 0 Å². The van der Waals surface area contributed by atoms with Crippen LogP contribution in [0.2, 0.25) is 0 Å². The molecule has 0 aromatic carbocycles. The van der Waals surface area contributed by atoms with Crippen LogP contribution in [0.5, 0.6) is 0 Å². The third kappa shape index (κ3) is 2.31. The Morgan fingerprint density at radius 1 is 1.64 bits per heavy atom. The topological polar surface area (TPSA) is 74.7 Å². The molecule has 1 aromatic heterocycles. The maximum atomic E-state index is 11.6. The van der Waals surface area contributed by atoms with E-state index in [0.717, 1.165) is 4.31 Å². The highest BCUT2D eigenvalue weighted by Gasteiger charge is 2.22. The molecule has 0 fully saturated rings. The molecule has 1 heterocycles. The average Bonchev–Trinajstić information content (AvgIpc) is 2.54. The van der Waals surface area contributed by atoms with E-state index in [9.17, 15) is 13.2 Å². The lowest BCUT2D eigenvalue weighted by molar-refractivity contribution is -0.137. The molecule has 1 N–H and O–H groups in total. The molecule has 0 unspecified atom stereocenters. The first-order valence-electron chi connectivity index (χ1n) is 3.65. The summed E-state index contributed by atoms with van der Waals surface area (Å²) in [6.45, 7) is -0.530. The Morgan fingerprint density at radius 2 is 2.29 bits per heavy atom. The van der Waals surface area contributed by atoms with Crippen LogP contribution < -0.4 is 0 Å². The summed E-state index contributed by atoms with van der Waals surface area (Å²) in [7, 11) is -2.39. The standard InChI is InChI=1S/C7H9NO4S2/c1-8(4-7(9)10)14(11,12)6-2-3-13-5-6/h2-3,5H,4H2,1H3,(H,9,10). The highest BCUT2D eigenvalue weighted by Crippen LogP contribution is 2.16.